The lowest BCUT2D eigenvalue weighted by Crippen LogP contribution is -2.35. The fraction of sp³-hybridized carbons (Fsp3) is 0.583. The normalized spacial score (nSPS) is 12.1. The van der Waals surface area contributed by atoms with Gasteiger partial charge in [0.15, 0.2) is 0 Å². The molecule has 1 aromatic heterocycles. The van der Waals surface area contributed by atoms with Gasteiger partial charge in [0.05, 0.1) is 4.34 Å². The molecule has 0 N–H and O–H groups in total. The van der Waals surface area contributed by atoms with E-state index in [0.717, 1.165) is 17.4 Å². The first-order valence-corrected chi connectivity index (χ1v) is 6.44. The molecule has 0 atom stereocenters. The van der Waals surface area contributed by atoms with Gasteiger partial charge in [-0.3, -0.25) is 4.79 Å². The highest BCUT2D eigenvalue weighted by atomic mass is 35.5. The van der Waals surface area contributed by atoms with Crippen molar-refractivity contribution in [2.24, 2.45) is 5.41 Å². The van der Waals surface area contributed by atoms with E-state index in [1.807, 2.05) is 33.0 Å². The summed E-state index contributed by atoms with van der Waals surface area (Å²) in [5.41, 5.74) is -0.282. The highest BCUT2D eigenvalue weighted by Crippen LogP contribution is 2.24. The monoisotopic (exact) mass is 259 g/mol. The Hall–Kier alpha value is -0.380. The number of nitrogens with zero attached hydrogens (tertiary/aromatic N) is 1. The van der Waals surface area contributed by atoms with Crippen LogP contribution in [0.3, 0.4) is 0 Å². The number of ketones is 1. The quantitative estimate of drug-likeness (QED) is 0.807. The van der Waals surface area contributed by atoms with E-state index in [0.29, 0.717) is 0 Å². The first-order valence-electron chi connectivity index (χ1n) is 5.25. The van der Waals surface area contributed by atoms with Crippen LogP contribution in [0, 0.1) is 5.41 Å². The van der Waals surface area contributed by atoms with Gasteiger partial charge in [-0.1, -0.05) is 25.4 Å². The van der Waals surface area contributed by atoms with E-state index in [1.165, 1.54) is 4.88 Å². The van der Waals surface area contributed by atoms with E-state index in [2.05, 4.69) is 4.90 Å². The number of carbonyl (C=O) groups excluding carboxylic acids is 1. The van der Waals surface area contributed by atoms with E-state index < -0.39 is 0 Å². The van der Waals surface area contributed by atoms with Crippen LogP contribution in [0.15, 0.2) is 12.1 Å². The van der Waals surface area contributed by atoms with Crippen molar-refractivity contribution >= 4 is 28.7 Å². The molecule has 1 heterocycles. The van der Waals surface area contributed by atoms with E-state index in [1.54, 1.807) is 18.3 Å². The van der Waals surface area contributed by atoms with Crippen LogP contribution in [0.5, 0.6) is 0 Å². The minimum atomic E-state index is -0.282. The number of carbonyl (C=O) groups is 1. The highest BCUT2D eigenvalue weighted by molar-refractivity contribution is 7.16. The second-order valence-electron chi connectivity index (χ2n) is 4.82. The topological polar surface area (TPSA) is 20.3 Å². The van der Waals surface area contributed by atoms with Crippen molar-refractivity contribution in [1.82, 2.24) is 4.90 Å². The van der Waals surface area contributed by atoms with Crippen molar-refractivity contribution in [3.63, 3.8) is 0 Å². The van der Waals surface area contributed by atoms with Crippen LogP contribution < -0.4 is 0 Å². The predicted molar refractivity (Wildman–Crippen MR) is 70.1 cm³/mol. The maximum absolute atomic E-state index is 11.4. The highest BCUT2D eigenvalue weighted by Gasteiger charge is 2.25. The molecule has 0 aliphatic rings. The average molecular weight is 260 g/mol. The maximum Gasteiger partial charge on any atom is 0.136 e. The summed E-state index contributed by atoms with van der Waals surface area (Å²) in [4.78, 5) is 14.8. The lowest BCUT2D eigenvalue weighted by atomic mass is 9.88. The van der Waals surface area contributed by atoms with E-state index in [-0.39, 0.29) is 11.2 Å². The minimum Gasteiger partial charge on any atom is -0.300 e. The second-order valence-corrected chi connectivity index (χ2v) is 6.62. The van der Waals surface area contributed by atoms with Gasteiger partial charge in [-0.2, -0.15) is 0 Å². The Morgan fingerprint density at radius 2 is 2.12 bits per heavy atom. The third-order valence-corrected chi connectivity index (χ3v) is 3.89. The Balaban J connectivity index is 2.54. The number of halogens is 1. The third-order valence-electron chi connectivity index (χ3n) is 2.67. The van der Waals surface area contributed by atoms with Crippen LogP contribution in [0.4, 0.5) is 0 Å². The molecule has 0 spiro atoms. The van der Waals surface area contributed by atoms with Crippen LogP contribution in [0.2, 0.25) is 4.34 Å². The Bertz CT molecular complexity index is 373. The molecule has 4 heteroatoms. The van der Waals surface area contributed by atoms with Crippen molar-refractivity contribution in [2.45, 2.75) is 27.3 Å². The van der Waals surface area contributed by atoms with E-state index >= 15 is 0 Å². The van der Waals surface area contributed by atoms with Crippen LogP contribution in [0.1, 0.15) is 25.6 Å². The van der Waals surface area contributed by atoms with Crippen LogP contribution >= 0.6 is 22.9 Å². The largest absolute Gasteiger partial charge is 0.300 e. The van der Waals surface area contributed by atoms with Gasteiger partial charge in [-0.05, 0) is 26.1 Å². The lowest BCUT2D eigenvalue weighted by molar-refractivity contribution is -0.125. The van der Waals surface area contributed by atoms with Gasteiger partial charge in [0.2, 0.25) is 0 Å². The summed E-state index contributed by atoms with van der Waals surface area (Å²) in [6.07, 6.45) is 0. The zero-order chi connectivity index (χ0) is 12.3. The van der Waals surface area contributed by atoms with Gasteiger partial charge in [0, 0.05) is 23.4 Å². The van der Waals surface area contributed by atoms with Gasteiger partial charge in [0.25, 0.3) is 0 Å². The smallest absolute Gasteiger partial charge is 0.136 e. The molecule has 0 saturated carbocycles. The Morgan fingerprint density at radius 1 is 1.50 bits per heavy atom. The zero-order valence-corrected chi connectivity index (χ0v) is 11.8. The summed E-state index contributed by atoms with van der Waals surface area (Å²) >= 11 is 7.46. The standard InChI is InChI=1S/C12H18ClNOS/c1-9(15)12(2,3)8-14(4)7-10-5-6-11(13)16-10/h5-6H,7-8H2,1-4H3. The fourth-order valence-electron chi connectivity index (χ4n) is 1.54. The number of rotatable bonds is 5. The molecule has 0 aliphatic heterocycles. The summed E-state index contributed by atoms with van der Waals surface area (Å²) in [5.74, 6) is 0.226. The first kappa shape index (κ1) is 13.7. The molecule has 1 rings (SSSR count). The lowest BCUT2D eigenvalue weighted by Gasteiger charge is -2.27. The summed E-state index contributed by atoms with van der Waals surface area (Å²) in [5, 5.41) is 0. The summed E-state index contributed by atoms with van der Waals surface area (Å²) < 4.78 is 0.814. The van der Waals surface area contributed by atoms with Crippen LogP contribution in [-0.4, -0.2) is 24.3 Å². The minimum absolute atomic E-state index is 0.226. The van der Waals surface area contributed by atoms with Crippen molar-refractivity contribution < 1.29 is 4.79 Å². The molecule has 0 aliphatic carbocycles. The molecule has 90 valence electrons. The summed E-state index contributed by atoms with van der Waals surface area (Å²) in [7, 11) is 2.03. The summed E-state index contributed by atoms with van der Waals surface area (Å²) in [6.45, 7) is 7.21. The molecule has 0 unspecified atom stereocenters. The molecule has 0 amide bonds. The maximum atomic E-state index is 11.4. The van der Waals surface area contributed by atoms with Crippen molar-refractivity contribution in [3.8, 4) is 0 Å². The summed E-state index contributed by atoms with van der Waals surface area (Å²) in [6, 6.07) is 3.94. The van der Waals surface area contributed by atoms with Crippen molar-refractivity contribution in [3.05, 3.63) is 21.3 Å². The molecule has 0 radical (unpaired) electrons. The molecule has 1 aromatic rings. The Labute approximate surface area is 106 Å². The molecule has 2 nitrogen and oxygen atoms in total. The molecule has 0 fully saturated rings. The van der Waals surface area contributed by atoms with Gasteiger partial charge < -0.3 is 4.90 Å². The van der Waals surface area contributed by atoms with Gasteiger partial charge in [-0.25, -0.2) is 0 Å². The SMILES string of the molecule is CC(=O)C(C)(C)CN(C)Cc1ccc(Cl)s1. The van der Waals surface area contributed by atoms with Crippen molar-refractivity contribution in [1.29, 1.82) is 0 Å². The first-order chi connectivity index (χ1) is 7.31. The zero-order valence-electron chi connectivity index (χ0n) is 10.2. The van der Waals surface area contributed by atoms with Gasteiger partial charge >= 0.3 is 0 Å². The molecular formula is C12H18ClNOS. The molecule has 0 bridgehead atoms. The number of thiophene rings is 1. The van der Waals surface area contributed by atoms with Crippen LogP contribution in [-0.2, 0) is 11.3 Å². The predicted octanol–water partition coefficient (Wildman–Crippen LogP) is 3.45. The van der Waals surface area contributed by atoms with Gasteiger partial charge in [0.1, 0.15) is 5.78 Å². The molecular weight excluding hydrogens is 242 g/mol. The molecule has 0 aromatic carbocycles. The van der Waals surface area contributed by atoms with Crippen molar-refractivity contribution in [2.75, 3.05) is 13.6 Å². The van der Waals surface area contributed by atoms with E-state index in [4.69, 9.17) is 11.6 Å². The third kappa shape index (κ3) is 3.89. The van der Waals surface area contributed by atoms with Gasteiger partial charge in [-0.15, -0.1) is 11.3 Å². The average Bonchev–Trinajstić information content (AvgIpc) is 2.49. The van der Waals surface area contributed by atoms with Crippen LogP contribution in [0.25, 0.3) is 0 Å². The molecule has 0 saturated heterocycles. The Kier molecular flexibility index (Phi) is 4.53. The Morgan fingerprint density at radius 3 is 2.56 bits per heavy atom. The fourth-order valence-corrected chi connectivity index (χ4v) is 2.71. The molecule has 16 heavy (non-hydrogen) atoms. The number of Topliss-reactive ketones (excluding diaryl/α,β-unsaturated/α-hetero) is 1. The second kappa shape index (κ2) is 5.30. The van der Waals surface area contributed by atoms with E-state index in [9.17, 15) is 4.79 Å². The number of hydrogen-bond donors (Lipinski definition) is 0. The number of hydrogen-bond acceptors (Lipinski definition) is 3.